The van der Waals surface area contributed by atoms with Gasteiger partial charge in [0.2, 0.25) is 13.8 Å². The van der Waals surface area contributed by atoms with E-state index in [0.717, 1.165) is 6.20 Å². The molecule has 10 nitrogen and oxygen atoms in total. The predicted molar refractivity (Wildman–Crippen MR) is 76.6 cm³/mol. The van der Waals surface area contributed by atoms with E-state index in [9.17, 15) is 14.9 Å². The Morgan fingerprint density at radius 1 is 1.23 bits per heavy atom. The molecular weight excluding hydrogens is 407 g/mol. The molecule has 2 rings (SSSR count). The van der Waals surface area contributed by atoms with Crippen LogP contribution >= 0.6 is 58.0 Å². The van der Waals surface area contributed by atoms with Gasteiger partial charge in [-0.3, -0.25) is 0 Å². The van der Waals surface area contributed by atoms with Crippen LogP contribution in [0, 0.1) is 10.1 Å². The number of halogens is 5. The van der Waals surface area contributed by atoms with Crippen molar-refractivity contribution in [3.05, 3.63) is 28.2 Å². The number of carbonyl (C=O) groups is 1. The largest absolute Gasteiger partial charge is 0.464 e. The Bertz CT molecular complexity index is 721. The molecule has 22 heavy (non-hydrogen) atoms. The molecule has 0 saturated heterocycles. The fourth-order valence-electron chi connectivity index (χ4n) is 1.31. The Balaban J connectivity index is 2.61. The van der Waals surface area contributed by atoms with Crippen LogP contribution in [0.3, 0.4) is 0 Å². The minimum absolute atomic E-state index is 0.292. The molecule has 0 aliphatic heterocycles. The van der Waals surface area contributed by atoms with Crippen LogP contribution in [0.25, 0.3) is 0 Å². The van der Waals surface area contributed by atoms with E-state index in [4.69, 9.17) is 58.0 Å². The predicted octanol–water partition coefficient (Wildman–Crippen LogP) is 2.29. The smallest absolute Gasteiger partial charge is 0.358 e. The van der Waals surface area contributed by atoms with Gasteiger partial charge in [-0.25, -0.2) is 4.79 Å². The molecule has 0 unspecified atom stereocenters. The van der Waals surface area contributed by atoms with Gasteiger partial charge in [0.25, 0.3) is 0 Å². The van der Waals surface area contributed by atoms with Crippen LogP contribution in [-0.2, 0) is 4.33 Å². The van der Waals surface area contributed by atoms with Gasteiger partial charge in [0.15, 0.2) is 0 Å². The monoisotopic (exact) mass is 407 g/mol. The molecule has 2 aromatic rings. The van der Waals surface area contributed by atoms with Gasteiger partial charge in [-0.2, -0.15) is 0 Å². The average Bonchev–Trinajstić information content (AvgIpc) is 3.06. The normalized spacial score (nSPS) is 12.4. The highest BCUT2D eigenvalue weighted by Crippen LogP contribution is 2.54. The Kier molecular flexibility index (Phi) is 4.51. The van der Waals surface area contributed by atoms with E-state index in [1.54, 1.807) is 0 Å². The zero-order valence-corrected chi connectivity index (χ0v) is 13.7. The maximum absolute atomic E-state index is 12.1. The summed E-state index contributed by atoms with van der Waals surface area (Å²) in [5.74, 6) is -0.975. The van der Waals surface area contributed by atoms with Crippen LogP contribution in [0.4, 0.5) is 10.6 Å². The van der Waals surface area contributed by atoms with E-state index in [1.807, 2.05) is 0 Å². The lowest BCUT2D eigenvalue weighted by Gasteiger charge is -2.24. The third-order valence-corrected chi connectivity index (χ3v) is 4.63. The lowest BCUT2D eigenvalue weighted by Crippen LogP contribution is -2.30. The lowest BCUT2D eigenvalue weighted by molar-refractivity contribution is -0.392. The van der Waals surface area contributed by atoms with Gasteiger partial charge in [-0.05, 0) is 9.61 Å². The van der Waals surface area contributed by atoms with Crippen LogP contribution in [0.1, 0.15) is 5.69 Å². The summed E-state index contributed by atoms with van der Waals surface area (Å²) in [6.45, 7) is 0. The zero-order valence-electron chi connectivity index (χ0n) is 9.90. The van der Waals surface area contributed by atoms with Crippen LogP contribution in [0.2, 0.25) is 0 Å². The number of rotatable bonds is 2. The molecule has 0 atom stereocenters. The summed E-state index contributed by atoms with van der Waals surface area (Å²) in [7, 11) is 0. The quantitative estimate of drug-likeness (QED) is 0.424. The van der Waals surface area contributed by atoms with Gasteiger partial charge < -0.3 is 10.1 Å². The van der Waals surface area contributed by atoms with E-state index in [0.29, 0.717) is 9.36 Å². The van der Waals surface area contributed by atoms with Gasteiger partial charge >= 0.3 is 11.8 Å². The molecule has 0 N–H and O–H groups in total. The maximum Gasteiger partial charge on any atom is 0.464 e. The molecule has 0 spiro atoms. The topological polar surface area (TPSA) is 122 Å². The minimum Gasteiger partial charge on any atom is -0.358 e. The van der Waals surface area contributed by atoms with Crippen LogP contribution < -0.4 is 0 Å². The summed E-state index contributed by atoms with van der Waals surface area (Å²) in [5, 5.41) is 24.7. The summed E-state index contributed by atoms with van der Waals surface area (Å²) in [4.78, 5) is 22.3. The zero-order chi connectivity index (χ0) is 16.7. The molecule has 118 valence electrons. The fraction of sp³-hybridized carbons (Fsp3) is 0.286. The molecule has 15 heteroatoms. The highest BCUT2D eigenvalue weighted by atomic mass is 35.6. The Labute approximate surface area is 146 Å². The van der Waals surface area contributed by atoms with Crippen molar-refractivity contribution < 1.29 is 9.72 Å². The molecule has 0 bridgehead atoms. The van der Waals surface area contributed by atoms with Crippen molar-refractivity contribution >= 4 is 69.9 Å². The van der Waals surface area contributed by atoms with Gasteiger partial charge in [0.1, 0.15) is 0 Å². The molecular formula is C7H2Cl5N7O3. The Morgan fingerprint density at radius 3 is 2.32 bits per heavy atom. The second-order valence-electron chi connectivity index (χ2n) is 3.63. The molecule has 0 fully saturated rings. The first-order chi connectivity index (χ1) is 10.1. The molecule has 2 heterocycles. The van der Waals surface area contributed by atoms with E-state index >= 15 is 0 Å². The maximum atomic E-state index is 12.1. The second-order valence-corrected chi connectivity index (χ2v) is 7.24. The number of carbonyl (C=O) groups excluding carboxylic acids is 1. The van der Waals surface area contributed by atoms with E-state index in [-0.39, 0.29) is 0 Å². The summed E-state index contributed by atoms with van der Waals surface area (Å²) < 4.78 is -3.84. The number of nitrogens with zero attached hydrogens (tertiary/aromatic N) is 7. The third kappa shape index (κ3) is 2.84. The standard InChI is InChI=1S/C7H2Cl5N7O3/c8-6(9,7(10,11)12)3-4(19(21)22)18(16-14-3)5(20)17-2-1-13-15-17/h1-2H. The van der Waals surface area contributed by atoms with Gasteiger partial charge in [-0.1, -0.05) is 63.2 Å². The van der Waals surface area contributed by atoms with Crippen molar-refractivity contribution in [2.75, 3.05) is 0 Å². The first kappa shape index (κ1) is 17.2. The summed E-state index contributed by atoms with van der Waals surface area (Å²) >= 11 is 28.4. The highest BCUT2D eigenvalue weighted by Gasteiger charge is 2.54. The van der Waals surface area contributed by atoms with Crippen LogP contribution in [0.5, 0.6) is 0 Å². The van der Waals surface area contributed by atoms with Gasteiger partial charge in [0.05, 0.1) is 12.4 Å². The van der Waals surface area contributed by atoms with E-state index < -0.39 is 30.6 Å². The summed E-state index contributed by atoms with van der Waals surface area (Å²) in [6.07, 6.45) is 2.31. The second kappa shape index (κ2) is 5.78. The molecule has 0 radical (unpaired) electrons. The van der Waals surface area contributed by atoms with Crippen molar-refractivity contribution in [1.82, 2.24) is 30.0 Å². The van der Waals surface area contributed by atoms with E-state index in [2.05, 4.69) is 20.6 Å². The highest BCUT2D eigenvalue weighted by molar-refractivity contribution is 6.75. The SMILES string of the molecule is O=C(n1ccnn1)n1nnc(C(Cl)(Cl)C(Cl)(Cl)Cl)c1[N+](=O)[O-]. The van der Waals surface area contributed by atoms with Crippen LogP contribution in [-0.4, -0.2) is 44.7 Å². The molecule has 0 aromatic carbocycles. The van der Waals surface area contributed by atoms with Gasteiger partial charge in [0, 0.05) is 5.21 Å². The molecule has 0 aliphatic rings. The molecule has 0 aliphatic carbocycles. The fourth-order valence-corrected chi connectivity index (χ4v) is 1.83. The Morgan fingerprint density at radius 2 is 1.86 bits per heavy atom. The number of nitro groups is 1. The first-order valence-electron chi connectivity index (χ1n) is 5.03. The summed E-state index contributed by atoms with van der Waals surface area (Å²) in [5.41, 5.74) is -0.714. The molecule has 2 aromatic heterocycles. The van der Waals surface area contributed by atoms with Gasteiger partial charge in [-0.15, -0.1) is 14.9 Å². The van der Waals surface area contributed by atoms with Crippen molar-refractivity contribution in [2.45, 2.75) is 8.13 Å². The van der Waals surface area contributed by atoms with Crippen molar-refractivity contribution in [3.8, 4) is 0 Å². The van der Waals surface area contributed by atoms with Crippen molar-refractivity contribution in [2.24, 2.45) is 0 Å². The minimum atomic E-state index is -2.43. The van der Waals surface area contributed by atoms with Crippen molar-refractivity contribution in [3.63, 3.8) is 0 Å². The third-order valence-electron chi connectivity index (χ3n) is 2.27. The number of alkyl halides is 5. The van der Waals surface area contributed by atoms with Crippen LogP contribution in [0.15, 0.2) is 12.4 Å². The van der Waals surface area contributed by atoms with E-state index in [1.165, 1.54) is 6.20 Å². The summed E-state index contributed by atoms with van der Waals surface area (Å²) in [6, 6.07) is -1.06. The average molecular weight is 409 g/mol. The first-order valence-corrected chi connectivity index (χ1v) is 6.92. The number of hydrogen-bond donors (Lipinski definition) is 0. The number of hydrogen-bond acceptors (Lipinski definition) is 7. The Hall–Kier alpha value is -1.20. The lowest BCUT2D eigenvalue weighted by atomic mass is 10.3. The molecule has 0 saturated carbocycles. The molecule has 0 amide bonds. The van der Waals surface area contributed by atoms with Crippen molar-refractivity contribution in [1.29, 1.82) is 0 Å². The number of aromatic nitrogens is 6.